The highest BCUT2D eigenvalue weighted by molar-refractivity contribution is 6.28. The number of hydrogen-bond acceptors (Lipinski definition) is 4. The molecule has 0 radical (unpaired) electrons. The molecule has 2 atom stereocenters. The number of anilines is 2. The molecule has 30 heavy (non-hydrogen) atoms. The van der Waals surface area contributed by atoms with Gasteiger partial charge in [-0.25, -0.2) is 0 Å². The van der Waals surface area contributed by atoms with Crippen LogP contribution < -0.4 is 15.1 Å². The van der Waals surface area contributed by atoms with Crippen LogP contribution in [-0.4, -0.2) is 42.5 Å². The number of carbonyl (C=O) groups excluding carboxylic acids is 3. The summed E-state index contributed by atoms with van der Waals surface area (Å²) in [5.74, 6) is -1.30. The second kappa shape index (κ2) is 6.45. The summed E-state index contributed by atoms with van der Waals surface area (Å²) in [7, 11) is 0. The van der Waals surface area contributed by atoms with Gasteiger partial charge in [-0.2, -0.15) is 13.2 Å². The van der Waals surface area contributed by atoms with Crippen molar-refractivity contribution in [3.63, 3.8) is 0 Å². The van der Waals surface area contributed by atoms with E-state index in [-0.39, 0.29) is 37.6 Å². The lowest BCUT2D eigenvalue weighted by atomic mass is 10.0. The Balaban J connectivity index is 1.62. The van der Waals surface area contributed by atoms with E-state index < -0.39 is 24.2 Å². The number of alkyl halides is 3. The summed E-state index contributed by atoms with van der Waals surface area (Å²) in [4.78, 5) is 39.7. The highest BCUT2D eigenvalue weighted by Crippen LogP contribution is 2.45. The third-order valence-corrected chi connectivity index (χ3v) is 6.17. The van der Waals surface area contributed by atoms with Gasteiger partial charge in [-0.3, -0.25) is 24.6 Å². The fourth-order valence-electron chi connectivity index (χ4n) is 4.87. The molecule has 2 saturated heterocycles. The molecule has 3 heterocycles. The number of hydrogen-bond donors (Lipinski definition) is 1. The average Bonchev–Trinajstić information content (AvgIpc) is 3.28. The van der Waals surface area contributed by atoms with E-state index in [0.717, 1.165) is 0 Å². The van der Waals surface area contributed by atoms with Gasteiger partial charge in [0.2, 0.25) is 11.8 Å². The molecule has 3 aliphatic rings. The summed E-state index contributed by atoms with van der Waals surface area (Å²) in [6.07, 6.45) is -3.54. The summed E-state index contributed by atoms with van der Waals surface area (Å²) in [6.45, 7) is 0.285. The van der Waals surface area contributed by atoms with Gasteiger partial charge in [0, 0.05) is 29.4 Å². The molecule has 0 aliphatic carbocycles. The maximum atomic E-state index is 13.5. The molecule has 5 rings (SSSR count). The standard InChI is InChI=1S/C21H18F3N3O3/c22-21(23,24)16-5-2-10-26(16)13-7-6-12-18-11(13)3-1-4-14(18)27(20(12)30)15-8-9-17(28)25-19(15)29/h1,3-4,6-7,15-16H,2,5,8-10H2,(H,25,28,29)/t15?,16-/m0/s1. The van der Waals surface area contributed by atoms with Gasteiger partial charge in [0.25, 0.3) is 5.91 Å². The third kappa shape index (κ3) is 2.68. The lowest BCUT2D eigenvalue weighted by Crippen LogP contribution is -2.53. The van der Waals surface area contributed by atoms with Gasteiger partial charge in [-0.15, -0.1) is 0 Å². The summed E-state index contributed by atoms with van der Waals surface area (Å²) < 4.78 is 40.6. The third-order valence-electron chi connectivity index (χ3n) is 6.17. The van der Waals surface area contributed by atoms with Gasteiger partial charge >= 0.3 is 6.18 Å². The average molecular weight is 417 g/mol. The first kappa shape index (κ1) is 18.9. The summed E-state index contributed by atoms with van der Waals surface area (Å²) in [5.41, 5.74) is 1.29. The molecule has 2 fully saturated rings. The van der Waals surface area contributed by atoms with E-state index in [0.29, 0.717) is 34.1 Å². The van der Waals surface area contributed by atoms with Crippen LogP contribution in [0.15, 0.2) is 30.3 Å². The van der Waals surface area contributed by atoms with Crippen LogP contribution in [0, 0.1) is 0 Å². The minimum atomic E-state index is -4.34. The van der Waals surface area contributed by atoms with E-state index in [1.54, 1.807) is 30.3 Å². The second-order valence-electron chi connectivity index (χ2n) is 7.87. The highest BCUT2D eigenvalue weighted by atomic mass is 19.4. The number of piperidine rings is 1. The Morgan fingerprint density at radius 3 is 2.53 bits per heavy atom. The number of amides is 3. The number of nitrogens with one attached hydrogen (secondary N) is 1. The van der Waals surface area contributed by atoms with Crippen LogP contribution in [0.4, 0.5) is 24.5 Å². The molecule has 3 amide bonds. The molecule has 2 aromatic carbocycles. The molecule has 9 heteroatoms. The highest BCUT2D eigenvalue weighted by Gasteiger charge is 2.47. The molecular weight excluding hydrogens is 399 g/mol. The number of halogens is 3. The molecule has 1 N–H and O–H groups in total. The maximum Gasteiger partial charge on any atom is 0.408 e. The number of rotatable bonds is 2. The van der Waals surface area contributed by atoms with E-state index in [2.05, 4.69) is 5.32 Å². The minimum absolute atomic E-state index is 0.0355. The Bertz CT molecular complexity index is 1100. The van der Waals surface area contributed by atoms with Crippen molar-refractivity contribution < 1.29 is 27.6 Å². The van der Waals surface area contributed by atoms with Crippen LogP contribution in [-0.2, 0) is 9.59 Å². The van der Waals surface area contributed by atoms with Crippen LogP contribution in [0.25, 0.3) is 10.8 Å². The molecule has 156 valence electrons. The van der Waals surface area contributed by atoms with Gasteiger partial charge in [0.05, 0.1) is 11.3 Å². The fraction of sp³-hybridized carbons (Fsp3) is 0.381. The van der Waals surface area contributed by atoms with Gasteiger partial charge in [0.1, 0.15) is 12.1 Å². The molecule has 0 spiro atoms. The number of carbonyl (C=O) groups is 3. The first-order chi connectivity index (χ1) is 14.3. The molecule has 3 aliphatic heterocycles. The Kier molecular flexibility index (Phi) is 4.06. The van der Waals surface area contributed by atoms with Crippen molar-refractivity contribution in [1.29, 1.82) is 0 Å². The van der Waals surface area contributed by atoms with Crippen LogP contribution in [0.5, 0.6) is 0 Å². The van der Waals surface area contributed by atoms with E-state index >= 15 is 0 Å². The smallest absolute Gasteiger partial charge is 0.359 e. The monoisotopic (exact) mass is 417 g/mol. The maximum absolute atomic E-state index is 13.5. The van der Waals surface area contributed by atoms with Crippen molar-refractivity contribution in [1.82, 2.24) is 5.32 Å². The van der Waals surface area contributed by atoms with Crippen LogP contribution in [0.3, 0.4) is 0 Å². The minimum Gasteiger partial charge on any atom is -0.359 e. The largest absolute Gasteiger partial charge is 0.408 e. The molecule has 0 saturated carbocycles. The molecule has 1 unspecified atom stereocenters. The number of nitrogens with zero attached hydrogens (tertiary/aromatic N) is 2. The van der Waals surface area contributed by atoms with Crippen LogP contribution in [0.2, 0.25) is 0 Å². The summed E-state index contributed by atoms with van der Waals surface area (Å²) in [5, 5.41) is 3.37. The topological polar surface area (TPSA) is 69.7 Å². The zero-order valence-electron chi connectivity index (χ0n) is 15.8. The Hall–Kier alpha value is -3.10. The summed E-state index contributed by atoms with van der Waals surface area (Å²) >= 11 is 0. The van der Waals surface area contributed by atoms with Crippen LogP contribution >= 0.6 is 0 Å². The Morgan fingerprint density at radius 2 is 1.80 bits per heavy atom. The molecular formula is C21H18F3N3O3. The lowest BCUT2D eigenvalue weighted by Gasteiger charge is -2.30. The van der Waals surface area contributed by atoms with Gasteiger partial charge in [-0.1, -0.05) is 12.1 Å². The van der Waals surface area contributed by atoms with Crippen molar-refractivity contribution in [3.8, 4) is 0 Å². The molecule has 0 bridgehead atoms. The summed E-state index contributed by atoms with van der Waals surface area (Å²) in [6, 6.07) is 5.81. The first-order valence-corrected chi connectivity index (χ1v) is 9.83. The van der Waals surface area contributed by atoms with E-state index in [1.807, 2.05) is 0 Å². The van der Waals surface area contributed by atoms with Gasteiger partial charge in [-0.05, 0) is 37.5 Å². The van der Waals surface area contributed by atoms with Gasteiger partial charge < -0.3 is 4.90 Å². The zero-order valence-corrected chi connectivity index (χ0v) is 15.8. The second-order valence-corrected chi connectivity index (χ2v) is 7.87. The predicted octanol–water partition coefficient (Wildman–Crippen LogP) is 3.14. The van der Waals surface area contributed by atoms with Gasteiger partial charge in [0.15, 0.2) is 0 Å². The van der Waals surface area contributed by atoms with Crippen molar-refractivity contribution >= 4 is 39.9 Å². The van der Waals surface area contributed by atoms with E-state index in [1.165, 1.54) is 9.80 Å². The van der Waals surface area contributed by atoms with Crippen molar-refractivity contribution in [3.05, 3.63) is 35.9 Å². The predicted molar refractivity (Wildman–Crippen MR) is 103 cm³/mol. The van der Waals surface area contributed by atoms with Crippen LogP contribution in [0.1, 0.15) is 36.0 Å². The molecule has 0 aromatic heterocycles. The number of benzene rings is 2. The zero-order chi connectivity index (χ0) is 21.2. The van der Waals surface area contributed by atoms with E-state index in [9.17, 15) is 27.6 Å². The first-order valence-electron chi connectivity index (χ1n) is 9.83. The molecule has 6 nitrogen and oxygen atoms in total. The fourth-order valence-corrected chi connectivity index (χ4v) is 4.87. The van der Waals surface area contributed by atoms with Crippen molar-refractivity contribution in [2.24, 2.45) is 0 Å². The number of imide groups is 1. The normalized spacial score (nSPS) is 24.2. The van der Waals surface area contributed by atoms with Crippen molar-refractivity contribution in [2.75, 3.05) is 16.3 Å². The SMILES string of the molecule is O=C1CCC(N2C(=O)c3ccc(N4CCC[C@H]4C(F)(F)F)c4cccc2c34)C(=O)N1. The Morgan fingerprint density at radius 1 is 1.00 bits per heavy atom. The Labute approximate surface area is 169 Å². The quantitative estimate of drug-likeness (QED) is 0.763. The molecule has 2 aromatic rings. The van der Waals surface area contributed by atoms with Crippen molar-refractivity contribution in [2.45, 2.75) is 43.9 Å². The lowest BCUT2D eigenvalue weighted by molar-refractivity contribution is -0.146. The van der Waals surface area contributed by atoms with E-state index in [4.69, 9.17) is 0 Å².